The minimum absolute atomic E-state index is 0.0418. The van der Waals surface area contributed by atoms with Crippen molar-refractivity contribution >= 4 is 44.0 Å². The molecule has 2 aromatic heterocycles. The average Bonchev–Trinajstić information content (AvgIpc) is 4.02. The first-order valence-electron chi connectivity index (χ1n) is 26.4. The van der Waals surface area contributed by atoms with Crippen LogP contribution in [0.25, 0.3) is 11.0 Å². The Labute approximate surface area is 423 Å². The van der Waals surface area contributed by atoms with Crippen LogP contribution >= 0.6 is 0 Å². The van der Waals surface area contributed by atoms with Crippen molar-refractivity contribution in [3.63, 3.8) is 0 Å². The lowest BCUT2D eigenvalue weighted by Crippen LogP contribution is -2.54. The van der Waals surface area contributed by atoms with E-state index in [1.165, 1.54) is 42.9 Å². The van der Waals surface area contributed by atoms with E-state index in [1.54, 1.807) is 18.3 Å². The Kier molecular flexibility index (Phi) is 12.9. The van der Waals surface area contributed by atoms with E-state index < -0.39 is 31.4 Å². The molecule has 2 atom stereocenters. The Hall–Kier alpha value is -5.87. The first-order chi connectivity index (χ1) is 34.6. The molecular formula is C56H69N7O8S. The summed E-state index contributed by atoms with van der Waals surface area (Å²) in [6.45, 7) is 12.6. The fraction of sp³-hybridized carbons (Fsp3) is 0.536. The first kappa shape index (κ1) is 48.4. The predicted octanol–water partition coefficient (Wildman–Crippen LogP) is 11.7. The summed E-state index contributed by atoms with van der Waals surface area (Å²) in [4.78, 5) is 38.9. The lowest BCUT2D eigenvalue weighted by molar-refractivity contribution is -0.384. The first-order valence-corrected chi connectivity index (χ1v) is 27.9. The van der Waals surface area contributed by atoms with Gasteiger partial charge in [-0.05, 0) is 148 Å². The van der Waals surface area contributed by atoms with Gasteiger partial charge >= 0.3 is 0 Å². The van der Waals surface area contributed by atoms with E-state index in [4.69, 9.17) is 19.2 Å². The highest BCUT2D eigenvalue weighted by molar-refractivity contribution is 7.90. The smallest absolute Gasteiger partial charge is 0.297 e. The van der Waals surface area contributed by atoms with Crippen molar-refractivity contribution in [3.05, 3.63) is 99.7 Å². The number of fused-ring (bicyclic) bond motifs is 2. The number of nitrogens with one attached hydrogen (secondary N) is 3. The highest BCUT2D eigenvalue weighted by atomic mass is 32.2. The molecule has 16 heteroatoms. The second-order valence-corrected chi connectivity index (χ2v) is 24.6. The summed E-state index contributed by atoms with van der Waals surface area (Å²) in [5.41, 5.74) is 4.62. The van der Waals surface area contributed by atoms with Crippen LogP contribution in [0.4, 0.5) is 17.1 Å². The maximum Gasteiger partial charge on any atom is 0.297 e. The number of aromatic nitrogens is 2. The van der Waals surface area contributed by atoms with E-state index >= 15 is 0 Å². The Balaban J connectivity index is 0.838. The highest BCUT2D eigenvalue weighted by Gasteiger charge is 2.50. The molecule has 3 aliphatic heterocycles. The van der Waals surface area contributed by atoms with Crippen molar-refractivity contribution in [2.45, 2.75) is 140 Å². The summed E-state index contributed by atoms with van der Waals surface area (Å²) < 4.78 is 49.7. The number of carbonyl (C=O) groups is 1. The lowest BCUT2D eigenvalue weighted by Gasteiger charge is -2.56. The fourth-order valence-corrected chi connectivity index (χ4v) is 13.7. The van der Waals surface area contributed by atoms with Gasteiger partial charge in [0.05, 0.1) is 28.0 Å². The normalized spacial score (nSPS) is 22.4. The number of sulfonamides is 1. The molecule has 5 heterocycles. The largest absolute Gasteiger partial charge is 0.489 e. The van der Waals surface area contributed by atoms with Crippen LogP contribution in [0, 0.1) is 32.8 Å². The van der Waals surface area contributed by atoms with Gasteiger partial charge in [0.25, 0.3) is 27.5 Å². The van der Waals surface area contributed by atoms with Gasteiger partial charge in [0.2, 0.25) is 0 Å². The van der Waals surface area contributed by atoms with Gasteiger partial charge in [0.15, 0.2) is 17.2 Å². The lowest BCUT2D eigenvalue weighted by atomic mass is 9.59. The van der Waals surface area contributed by atoms with Crippen LogP contribution in [0.3, 0.4) is 0 Å². The Morgan fingerprint density at radius 3 is 2.46 bits per heavy atom. The standard InChI is InChI=1S/C56H69N7O8S/c1-35(2)42-11-5-6-12-43(42)46-13-8-24-62(46)40-31-56(32-40)21-25-61(26-22-56)39-14-15-44(48(28-39)71-50-27-38-18-23-57-52(38)59-54(50)70-33-36-9-7-10-36)53(64)60-72(67,68)41-29-47(63(65)66)51-49(30-41)69-34-45(58-51)37-16-19-55(3,4)20-17-37/h5-6,11-12,14-15,18,23,27-30,35-37,40,45-46,58H,7-10,13,16-17,19-22,24-26,31-34H2,1-4H3,(H,57,59)(H,60,64)/t45-,46+/m1/s1. The molecule has 382 valence electrons. The summed E-state index contributed by atoms with van der Waals surface area (Å²) >= 11 is 0. The Bertz CT molecular complexity index is 2960. The number of likely N-dealkylation sites (tertiary alicyclic amines) is 1. The van der Waals surface area contributed by atoms with E-state index in [1.807, 2.05) is 18.2 Å². The number of piperidine rings is 1. The van der Waals surface area contributed by atoms with Gasteiger partial charge in [-0.2, -0.15) is 4.98 Å². The zero-order valence-corrected chi connectivity index (χ0v) is 42.9. The summed E-state index contributed by atoms with van der Waals surface area (Å²) in [6.07, 6.45) is 16.0. The van der Waals surface area contributed by atoms with E-state index in [2.05, 4.69) is 76.8 Å². The van der Waals surface area contributed by atoms with Crippen LogP contribution in [0.2, 0.25) is 0 Å². The molecule has 1 spiro atoms. The number of ether oxygens (including phenoxy) is 3. The zero-order chi connectivity index (χ0) is 49.9. The van der Waals surface area contributed by atoms with E-state index in [9.17, 15) is 23.3 Å². The molecule has 15 nitrogen and oxygen atoms in total. The number of nitro groups is 1. The molecular weight excluding hydrogens is 931 g/mol. The molecule has 5 aromatic rings. The number of hydrogen-bond acceptors (Lipinski definition) is 12. The zero-order valence-electron chi connectivity index (χ0n) is 42.1. The van der Waals surface area contributed by atoms with Gasteiger partial charge in [0.1, 0.15) is 18.0 Å². The van der Waals surface area contributed by atoms with Crippen molar-refractivity contribution in [1.82, 2.24) is 19.6 Å². The molecule has 0 bridgehead atoms. The topological polar surface area (TPSA) is 181 Å². The number of H-pyrrole nitrogens is 1. The minimum atomic E-state index is -4.68. The van der Waals surface area contributed by atoms with Gasteiger partial charge in [-0.15, -0.1) is 0 Å². The maximum absolute atomic E-state index is 14.4. The number of pyridine rings is 1. The molecule has 1 amide bonds. The summed E-state index contributed by atoms with van der Waals surface area (Å²) in [6, 6.07) is 21.1. The van der Waals surface area contributed by atoms with Crippen molar-refractivity contribution in [2.24, 2.45) is 22.7 Å². The fourth-order valence-electron chi connectivity index (χ4n) is 12.7. The third-order valence-electron chi connectivity index (χ3n) is 17.3. The molecule has 3 aromatic carbocycles. The maximum atomic E-state index is 14.4. The van der Waals surface area contributed by atoms with Crippen LogP contribution in [-0.4, -0.2) is 79.0 Å². The summed E-state index contributed by atoms with van der Waals surface area (Å²) in [7, 11) is -4.68. The van der Waals surface area contributed by atoms with Crippen LogP contribution in [0.1, 0.15) is 145 Å². The molecule has 3 saturated carbocycles. The van der Waals surface area contributed by atoms with Gasteiger partial charge in [-0.25, -0.2) is 13.1 Å². The molecule has 2 saturated heterocycles. The molecule has 5 fully saturated rings. The third kappa shape index (κ3) is 9.60. The monoisotopic (exact) mass is 999 g/mol. The van der Waals surface area contributed by atoms with Crippen molar-refractivity contribution < 1.29 is 32.3 Å². The number of carbonyl (C=O) groups excluding carboxylic acids is 1. The van der Waals surface area contributed by atoms with Crippen molar-refractivity contribution in [2.75, 3.05) is 43.1 Å². The van der Waals surface area contributed by atoms with E-state index in [0.717, 1.165) is 94.6 Å². The predicted molar refractivity (Wildman–Crippen MR) is 278 cm³/mol. The van der Waals surface area contributed by atoms with E-state index in [0.29, 0.717) is 36.2 Å². The second-order valence-electron chi connectivity index (χ2n) is 22.9. The number of benzene rings is 3. The average molecular weight is 1000 g/mol. The van der Waals surface area contributed by atoms with Crippen molar-refractivity contribution in [3.8, 4) is 23.1 Å². The number of anilines is 2. The Morgan fingerprint density at radius 1 is 0.944 bits per heavy atom. The number of amides is 1. The van der Waals surface area contributed by atoms with Crippen LogP contribution in [0.15, 0.2) is 77.8 Å². The number of hydrogen-bond donors (Lipinski definition) is 3. The molecule has 0 unspecified atom stereocenters. The summed E-state index contributed by atoms with van der Waals surface area (Å²) in [5, 5.41) is 16.7. The van der Waals surface area contributed by atoms with Gasteiger partial charge in [-0.3, -0.25) is 19.8 Å². The van der Waals surface area contributed by atoms with Crippen LogP contribution in [-0.2, 0) is 10.0 Å². The minimum Gasteiger partial charge on any atom is -0.489 e. The Morgan fingerprint density at radius 2 is 1.72 bits per heavy atom. The number of nitrogens with zero attached hydrogens (tertiary/aromatic N) is 4. The molecule has 72 heavy (non-hydrogen) atoms. The van der Waals surface area contributed by atoms with Gasteiger partial charge in [0, 0.05) is 60.6 Å². The quantitative estimate of drug-likeness (QED) is 0.0708. The molecule has 0 radical (unpaired) electrons. The molecule has 3 N–H and O–H groups in total. The SMILES string of the molecule is CC(C)c1ccccc1[C@@H]1CCCN1C1CC2(CCN(c3ccc(C(=O)NS(=O)(=O)c4cc5c(c([N+](=O)[O-])c4)N[C@@H](C4CCC(C)(C)CC4)CO5)c(Oc4cc5cc[nH]c5nc4OCC4CCC4)c3)CC2)C1. The molecule has 6 aliphatic rings. The highest BCUT2D eigenvalue weighted by Crippen LogP contribution is 2.55. The molecule has 3 aliphatic carbocycles. The van der Waals surface area contributed by atoms with Crippen LogP contribution < -0.4 is 29.1 Å². The van der Waals surface area contributed by atoms with Gasteiger partial charge in [-0.1, -0.05) is 58.4 Å². The van der Waals surface area contributed by atoms with E-state index in [-0.39, 0.29) is 63.8 Å². The van der Waals surface area contributed by atoms with Crippen molar-refractivity contribution in [1.29, 1.82) is 0 Å². The number of nitro benzene ring substituents is 1. The number of rotatable bonds is 14. The second kappa shape index (κ2) is 19.2. The summed E-state index contributed by atoms with van der Waals surface area (Å²) in [5.74, 6) is 0.919. The third-order valence-corrected chi connectivity index (χ3v) is 18.6. The number of aromatic amines is 1. The van der Waals surface area contributed by atoms with Crippen LogP contribution in [0.5, 0.6) is 23.1 Å². The van der Waals surface area contributed by atoms with Gasteiger partial charge < -0.3 is 29.4 Å². The molecule has 11 rings (SSSR count).